The van der Waals surface area contributed by atoms with E-state index in [1.807, 2.05) is 6.92 Å². The van der Waals surface area contributed by atoms with Crippen LogP contribution in [-0.2, 0) is 4.79 Å². The van der Waals surface area contributed by atoms with Gasteiger partial charge in [0.05, 0.1) is 9.26 Å². The molecular weight excluding hydrogens is 316 g/mol. The standard InChI is InChI=1S/C8H9ClIN3O/c1-5-6(10)7(11-3-2-4-14)13-8(9)12-5/h4H,2-3H2,1H3,(H,11,12,13). The first-order valence-corrected chi connectivity index (χ1v) is 5.48. The summed E-state index contributed by atoms with van der Waals surface area (Å²) in [7, 11) is 0. The van der Waals surface area contributed by atoms with E-state index in [0.29, 0.717) is 18.8 Å². The smallest absolute Gasteiger partial charge is 0.224 e. The summed E-state index contributed by atoms with van der Waals surface area (Å²) in [5, 5.41) is 3.24. The van der Waals surface area contributed by atoms with Crippen LogP contribution in [0.1, 0.15) is 12.1 Å². The lowest BCUT2D eigenvalue weighted by atomic mass is 10.4. The van der Waals surface area contributed by atoms with Crippen LogP contribution in [0.15, 0.2) is 0 Å². The molecule has 0 fully saturated rings. The number of nitrogens with zero attached hydrogens (tertiary/aromatic N) is 2. The van der Waals surface area contributed by atoms with Crippen molar-refractivity contribution >= 4 is 46.3 Å². The van der Waals surface area contributed by atoms with E-state index < -0.39 is 0 Å². The third kappa shape index (κ3) is 3.06. The van der Waals surface area contributed by atoms with E-state index in [0.717, 1.165) is 15.6 Å². The third-order valence-corrected chi connectivity index (χ3v) is 3.00. The highest BCUT2D eigenvalue weighted by Crippen LogP contribution is 2.19. The molecule has 1 aromatic heterocycles. The van der Waals surface area contributed by atoms with Crippen molar-refractivity contribution in [1.82, 2.24) is 9.97 Å². The highest BCUT2D eigenvalue weighted by atomic mass is 127. The number of anilines is 1. The van der Waals surface area contributed by atoms with Gasteiger partial charge in [0, 0.05) is 13.0 Å². The molecule has 0 atom stereocenters. The first-order valence-electron chi connectivity index (χ1n) is 4.02. The first kappa shape index (κ1) is 11.6. The van der Waals surface area contributed by atoms with E-state index in [1.54, 1.807) is 0 Å². The Hall–Kier alpha value is -0.430. The monoisotopic (exact) mass is 325 g/mol. The Bertz CT molecular complexity index is 346. The minimum absolute atomic E-state index is 0.219. The van der Waals surface area contributed by atoms with Crippen LogP contribution in [0.4, 0.5) is 5.82 Å². The average molecular weight is 326 g/mol. The van der Waals surface area contributed by atoms with Crippen molar-refractivity contribution < 1.29 is 4.79 Å². The predicted molar refractivity (Wildman–Crippen MR) is 63.7 cm³/mol. The fraction of sp³-hybridized carbons (Fsp3) is 0.375. The van der Waals surface area contributed by atoms with Crippen LogP contribution in [0.3, 0.4) is 0 Å². The molecule has 0 saturated carbocycles. The molecule has 6 heteroatoms. The molecule has 0 unspecified atom stereocenters. The van der Waals surface area contributed by atoms with Crippen LogP contribution in [0.25, 0.3) is 0 Å². The van der Waals surface area contributed by atoms with E-state index in [9.17, 15) is 4.79 Å². The summed E-state index contributed by atoms with van der Waals surface area (Å²) in [6, 6.07) is 0. The van der Waals surface area contributed by atoms with Gasteiger partial charge in [0.15, 0.2) is 0 Å². The van der Waals surface area contributed by atoms with Crippen molar-refractivity contribution in [2.75, 3.05) is 11.9 Å². The Morgan fingerprint density at radius 2 is 2.29 bits per heavy atom. The second-order valence-electron chi connectivity index (χ2n) is 2.62. The SMILES string of the molecule is Cc1nc(Cl)nc(NCCC=O)c1I. The summed E-state index contributed by atoms with van der Waals surface area (Å²) in [6.07, 6.45) is 1.31. The number of aryl methyl sites for hydroxylation is 1. The van der Waals surface area contributed by atoms with Gasteiger partial charge in [-0.2, -0.15) is 4.98 Å². The molecule has 0 radical (unpaired) electrons. The van der Waals surface area contributed by atoms with Crippen molar-refractivity contribution in [3.05, 3.63) is 14.5 Å². The molecule has 1 heterocycles. The van der Waals surface area contributed by atoms with Gasteiger partial charge in [-0.25, -0.2) is 4.98 Å². The normalized spacial score (nSPS) is 9.93. The highest BCUT2D eigenvalue weighted by Gasteiger charge is 2.06. The number of rotatable bonds is 4. The second kappa shape index (κ2) is 5.45. The van der Waals surface area contributed by atoms with Crippen molar-refractivity contribution in [3.8, 4) is 0 Å². The van der Waals surface area contributed by atoms with Crippen LogP contribution < -0.4 is 5.32 Å². The van der Waals surface area contributed by atoms with Gasteiger partial charge in [0.25, 0.3) is 0 Å². The van der Waals surface area contributed by atoms with Gasteiger partial charge in [-0.15, -0.1) is 0 Å². The highest BCUT2D eigenvalue weighted by molar-refractivity contribution is 14.1. The molecular formula is C8H9ClIN3O. The molecule has 0 amide bonds. The lowest BCUT2D eigenvalue weighted by Gasteiger charge is -2.07. The maximum atomic E-state index is 10.1. The van der Waals surface area contributed by atoms with Gasteiger partial charge < -0.3 is 10.1 Å². The number of hydrogen-bond donors (Lipinski definition) is 1. The summed E-state index contributed by atoms with van der Waals surface area (Å²) in [4.78, 5) is 18.1. The summed E-state index contributed by atoms with van der Waals surface area (Å²) in [6.45, 7) is 2.42. The molecule has 0 aromatic carbocycles. The fourth-order valence-electron chi connectivity index (χ4n) is 0.892. The summed E-state index contributed by atoms with van der Waals surface area (Å²) in [5.41, 5.74) is 0.833. The Kier molecular flexibility index (Phi) is 4.53. The molecule has 1 N–H and O–H groups in total. The molecule has 0 saturated heterocycles. The fourth-order valence-corrected chi connectivity index (χ4v) is 1.53. The third-order valence-electron chi connectivity index (χ3n) is 1.54. The molecule has 14 heavy (non-hydrogen) atoms. The molecule has 1 aromatic rings. The zero-order valence-corrected chi connectivity index (χ0v) is 10.5. The van der Waals surface area contributed by atoms with Crippen molar-refractivity contribution in [1.29, 1.82) is 0 Å². The molecule has 4 nitrogen and oxygen atoms in total. The molecule has 0 aliphatic carbocycles. The van der Waals surface area contributed by atoms with E-state index in [2.05, 4.69) is 37.9 Å². The van der Waals surface area contributed by atoms with Crippen LogP contribution >= 0.6 is 34.2 Å². The van der Waals surface area contributed by atoms with Gasteiger partial charge >= 0.3 is 0 Å². The summed E-state index contributed by atoms with van der Waals surface area (Å²) >= 11 is 7.84. The van der Waals surface area contributed by atoms with Gasteiger partial charge in [-0.3, -0.25) is 0 Å². The Morgan fingerprint density at radius 1 is 1.57 bits per heavy atom. The number of hydrogen-bond acceptors (Lipinski definition) is 4. The average Bonchev–Trinajstić information content (AvgIpc) is 2.13. The minimum Gasteiger partial charge on any atom is -0.369 e. The largest absolute Gasteiger partial charge is 0.369 e. The maximum Gasteiger partial charge on any atom is 0.224 e. The number of carbonyl (C=O) groups is 1. The second-order valence-corrected chi connectivity index (χ2v) is 4.04. The van der Waals surface area contributed by atoms with Crippen molar-refractivity contribution in [2.45, 2.75) is 13.3 Å². The summed E-state index contributed by atoms with van der Waals surface area (Å²) in [5.74, 6) is 0.685. The number of aldehydes is 1. The Morgan fingerprint density at radius 3 is 2.93 bits per heavy atom. The van der Waals surface area contributed by atoms with Crippen LogP contribution in [-0.4, -0.2) is 22.8 Å². The quantitative estimate of drug-likeness (QED) is 0.398. The molecule has 76 valence electrons. The summed E-state index contributed by atoms with van der Waals surface area (Å²) < 4.78 is 0.929. The molecule has 0 spiro atoms. The van der Waals surface area contributed by atoms with Gasteiger partial charge in [-0.1, -0.05) is 0 Å². The van der Waals surface area contributed by atoms with E-state index in [-0.39, 0.29) is 5.28 Å². The zero-order valence-electron chi connectivity index (χ0n) is 7.55. The van der Waals surface area contributed by atoms with E-state index >= 15 is 0 Å². The lowest BCUT2D eigenvalue weighted by Crippen LogP contribution is -2.07. The van der Waals surface area contributed by atoms with Crippen LogP contribution in [0, 0.1) is 10.5 Å². The van der Waals surface area contributed by atoms with Gasteiger partial charge in [0.1, 0.15) is 12.1 Å². The number of carbonyl (C=O) groups excluding carboxylic acids is 1. The zero-order chi connectivity index (χ0) is 10.6. The van der Waals surface area contributed by atoms with E-state index in [1.165, 1.54) is 0 Å². The molecule has 0 aliphatic rings. The number of nitrogens with one attached hydrogen (secondary N) is 1. The molecule has 0 bridgehead atoms. The Balaban J connectivity index is 2.79. The van der Waals surface area contributed by atoms with Gasteiger partial charge in [-0.05, 0) is 41.1 Å². The van der Waals surface area contributed by atoms with Crippen molar-refractivity contribution in [2.24, 2.45) is 0 Å². The Labute approximate surface area is 101 Å². The number of halogens is 2. The first-order chi connectivity index (χ1) is 6.65. The van der Waals surface area contributed by atoms with Crippen LogP contribution in [0.2, 0.25) is 5.28 Å². The minimum atomic E-state index is 0.219. The topological polar surface area (TPSA) is 54.9 Å². The molecule has 1 rings (SSSR count). The van der Waals surface area contributed by atoms with Gasteiger partial charge in [0.2, 0.25) is 5.28 Å². The lowest BCUT2D eigenvalue weighted by molar-refractivity contribution is -0.107. The van der Waals surface area contributed by atoms with Crippen molar-refractivity contribution in [3.63, 3.8) is 0 Å². The maximum absolute atomic E-state index is 10.1. The van der Waals surface area contributed by atoms with E-state index in [4.69, 9.17) is 11.6 Å². The van der Waals surface area contributed by atoms with Crippen LogP contribution in [0.5, 0.6) is 0 Å². The number of aromatic nitrogens is 2. The molecule has 0 aliphatic heterocycles. The predicted octanol–water partition coefficient (Wildman–Crippen LogP) is 2.04.